The molecule has 4 nitrogen and oxygen atoms in total. The van der Waals surface area contributed by atoms with Crippen molar-refractivity contribution < 1.29 is 4.79 Å². The number of imidazole rings is 1. The number of rotatable bonds is 2. The van der Waals surface area contributed by atoms with Crippen LogP contribution in [0.5, 0.6) is 0 Å². The van der Waals surface area contributed by atoms with Gasteiger partial charge in [-0.15, -0.1) is 0 Å². The molecule has 4 heterocycles. The summed E-state index contributed by atoms with van der Waals surface area (Å²) in [6.45, 7) is 0. The summed E-state index contributed by atoms with van der Waals surface area (Å²) in [6, 6.07) is 6.87. The summed E-state index contributed by atoms with van der Waals surface area (Å²) in [5.41, 5.74) is 1.63. The van der Waals surface area contributed by atoms with Crippen LogP contribution in [0.15, 0.2) is 30.6 Å². The van der Waals surface area contributed by atoms with Gasteiger partial charge in [0.25, 0.3) is 0 Å². The van der Waals surface area contributed by atoms with Gasteiger partial charge in [0.15, 0.2) is 5.78 Å². The second-order valence-electron chi connectivity index (χ2n) is 6.09. The summed E-state index contributed by atoms with van der Waals surface area (Å²) in [5, 5.41) is 3.65. The fraction of sp³-hybridized carbons (Fsp3) is 0.500. The van der Waals surface area contributed by atoms with Gasteiger partial charge in [-0.2, -0.15) is 0 Å². The summed E-state index contributed by atoms with van der Waals surface area (Å²) >= 11 is 0. The van der Waals surface area contributed by atoms with Gasteiger partial charge in [-0.3, -0.25) is 9.20 Å². The highest BCUT2D eigenvalue weighted by atomic mass is 16.1. The van der Waals surface area contributed by atoms with Crippen molar-refractivity contribution in [3.8, 4) is 0 Å². The maximum absolute atomic E-state index is 12.9. The molecule has 0 spiro atoms. The average Bonchev–Trinajstić information content (AvgIpc) is 2.94. The van der Waals surface area contributed by atoms with Crippen LogP contribution < -0.4 is 5.32 Å². The second kappa shape index (κ2) is 4.70. The van der Waals surface area contributed by atoms with Crippen LogP contribution in [0.1, 0.15) is 42.6 Å². The molecule has 2 aliphatic rings. The third-order valence-electron chi connectivity index (χ3n) is 4.77. The Morgan fingerprint density at radius 3 is 2.85 bits per heavy atom. The highest BCUT2D eigenvalue weighted by Crippen LogP contribution is 2.31. The van der Waals surface area contributed by atoms with E-state index in [2.05, 4.69) is 10.3 Å². The molecule has 104 valence electrons. The van der Waals surface area contributed by atoms with E-state index in [1.807, 2.05) is 28.8 Å². The largest absolute Gasteiger partial charge is 0.311 e. The second-order valence-corrected chi connectivity index (χ2v) is 6.09. The normalized spacial score (nSPS) is 29.5. The van der Waals surface area contributed by atoms with Gasteiger partial charge < -0.3 is 5.32 Å². The summed E-state index contributed by atoms with van der Waals surface area (Å²) in [7, 11) is 0. The van der Waals surface area contributed by atoms with Crippen LogP contribution in [0.2, 0.25) is 0 Å². The zero-order chi connectivity index (χ0) is 13.5. The molecule has 20 heavy (non-hydrogen) atoms. The maximum atomic E-state index is 12.9. The van der Waals surface area contributed by atoms with Crippen molar-refractivity contribution in [1.82, 2.24) is 14.7 Å². The van der Waals surface area contributed by atoms with E-state index >= 15 is 0 Å². The van der Waals surface area contributed by atoms with Crippen LogP contribution >= 0.6 is 0 Å². The number of ketones is 1. The first-order valence-corrected chi connectivity index (χ1v) is 7.53. The summed E-state index contributed by atoms with van der Waals surface area (Å²) in [6.07, 6.45) is 9.35. The monoisotopic (exact) mass is 269 g/mol. The number of pyridine rings is 1. The first-order valence-electron chi connectivity index (χ1n) is 7.53. The van der Waals surface area contributed by atoms with E-state index in [4.69, 9.17) is 0 Å². The van der Waals surface area contributed by atoms with Crippen LogP contribution in [-0.4, -0.2) is 27.3 Å². The van der Waals surface area contributed by atoms with E-state index in [0.29, 0.717) is 12.1 Å². The summed E-state index contributed by atoms with van der Waals surface area (Å²) < 4.78 is 1.92. The van der Waals surface area contributed by atoms with Gasteiger partial charge in [0.1, 0.15) is 5.65 Å². The van der Waals surface area contributed by atoms with Crippen LogP contribution in [0, 0.1) is 5.92 Å². The number of piperidine rings is 2. The molecule has 0 aromatic carbocycles. The van der Waals surface area contributed by atoms with Gasteiger partial charge in [-0.05, 0) is 37.8 Å². The molecule has 2 unspecified atom stereocenters. The smallest absolute Gasteiger partial charge is 0.182 e. The van der Waals surface area contributed by atoms with E-state index in [1.54, 1.807) is 6.20 Å². The Kier molecular flexibility index (Phi) is 2.84. The number of aromatic nitrogens is 2. The third kappa shape index (κ3) is 1.95. The van der Waals surface area contributed by atoms with Gasteiger partial charge >= 0.3 is 0 Å². The molecular weight excluding hydrogens is 250 g/mol. The van der Waals surface area contributed by atoms with Crippen molar-refractivity contribution in [3.05, 3.63) is 36.3 Å². The Bertz CT molecular complexity index is 636. The molecule has 2 bridgehead atoms. The molecule has 4 rings (SSSR count). The van der Waals surface area contributed by atoms with Gasteiger partial charge in [0, 0.05) is 30.4 Å². The summed E-state index contributed by atoms with van der Waals surface area (Å²) in [5.74, 6) is 0.451. The molecule has 0 aliphatic carbocycles. The standard InChI is InChI=1S/C16H19N3O/c20-16(11-9-12-3-1-4-13(10-11)18-12)14-5-2-6-15-17-7-8-19(14)15/h2,5-8,11-13,18H,1,3-4,9-10H2. The third-order valence-corrected chi connectivity index (χ3v) is 4.77. The molecule has 2 aromatic rings. The SMILES string of the molecule is O=C(c1cccc2nccn12)C1CC2CCCC(C1)N2. The Balaban J connectivity index is 1.65. The van der Waals surface area contributed by atoms with Gasteiger partial charge in [0.2, 0.25) is 0 Å². The van der Waals surface area contributed by atoms with Crippen molar-refractivity contribution in [2.45, 2.75) is 44.2 Å². The summed E-state index contributed by atoms with van der Waals surface area (Å²) in [4.78, 5) is 17.1. The van der Waals surface area contributed by atoms with Gasteiger partial charge in [-0.25, -0.2) is 4.98 Å². The minimum absolute atomic E-state index is 0.166. The number of carbonyl (C=O) groups excluding carboxylic acids is 1. The van der Waals surface area contributed by atoms with Crippen LogP contribution in [-0.2, 0) is 0 Å². The lowest BCUT2D eigenvalue weighted by atomic mass is 9.78. The van der Waals surface area contributed by atoms with Crippen molar-refractivity contribution in [3.63, 3.8) is 0 Å². The van der Waals surface area contributed by atoms with Crippen LogP contribution in [0.25, 0.3) is 5.65 Å². The molecular formula is C16H19N3O. The van der Waals surface area contributed by atoms with Crippen LogP contribution in [0.3, 0.4) is 0 Å². The van der Waals surface area contributed by atoms with E-state index in [0.717, 1.165) is 24.2 Å². The van der Waals surface area contributed by atoms with E-state index < -0.39 is 0 Å². The molecule has 2 atom stereocenters. The molecule has 1 N–H and O–H groups in total. The molecule has 2 saturated heterocycles. The average molecular weight is 269 g/mol. The molecule has 0 saturated carbocycles. The maximum Gasteiger partial charge on any atom is 0.182 e. The lowest BCUT2D eigenvalue weighted by molar-refractivity contribution is 0.0818. The molecule has 4 heteroatoms. The van der Waals surface area contributed by atoms with Gasteiger partial charge in [0.05, 0.1) is 5.69 Å². The number of hydrogen-bond acceptors (Lipinski definition) is 3. The predicted octanol–water partition coefficient (Wildman–Crippen LogP) is 2.44. The van der Waals surface area contributed by atoms with Crippen molar-refractivity contribution in [2.24, 2.45) is 5.92 Å². The van der Waals surface area contributed by atoms with Gasteiger partial charge in [-0.1, -0.05) is 12.5 Å². The van der Waals surface area contributed by atoms with Crippen molar-refractivity contribution in [1.29, 1.82) is 0 Å². The minimum atomic E-state index is 0.166. The quantitative estimate of drug-likeness (QED) is 0.852. The molecule has 2 fully saturated rings. The Morgan fingerprint density at radius 2 is 2.05 bits per heavy atom. The number of Topliss-reactive ketones (excluding diaryl/α,β-unsaturated/α-hetero) is 1. The molecule has 0 amide bonds. The topological polar surface area (TPSA) is 46.4 Å². The minimum Gasteiger partial charge on any atom is -0.311 e. The Labute approximate surface area is 118 Å². The van der Waals surface area contributed by atoms with Crippen LogP contribution in [0.4, 0.5) is 0 Å². The predicted molar refractivity (Wildman–Crippen MR) is 76.8 cm³/mol. The molecule has 0 radical (unpaired) electrons. The highest BCUT2D eigenvalue weighted by Gasteiger charge is 2.35. The number of fused-ring (bicyclic) bond motifs is 3. The fourth-order valence-electron chi connectivity index (χ4n) is 3.84. The fourth-order valence-corrected chi connectivity index (χ4v) is 3.84. The molecule has 2 aliphatic heterocycles. The van der Waals surface area contributed by atoms with Crippen molar-refractivity contribution >= 4 is 11.4 Å². The molecule has 2 aromatic heterocycles. The Morgan fingerprint density at radius 1 is 1.25 bits per heavy atom. The number of nitrogens with zero attached hydrogens (tertiary/aromatic N) is 2. The zero-order valence-electron chi connectivity index (χ0n) is 11.5. The van der Waals surface area contributed by atoms with E-state index in [-0.39, 0.29) is 11.7 Å². The first-order chi connectivity index (χ1) is 9.81. The Hall–Kier alpha value is -1.68. The highest BCUT2D eigenvalue weighted by molar-refractivity contribution is 5.97. The first kappa shape index (κ1) is 12.1. The number of nitrogens with one attached hydrogen (secondary N) is 1. The van der Waals surface area contributed by atoms with E-state index in [1.165, 1.54) is 19.3 Å². The lowest BCUT2D eigenvalue weighted by Gasteiger charge is -2.39. The van der Waals surface area contributed by atoms with E-state index in [9.17, 15) is 4.79 Å². The van der Waals surface area contributed by atoms with Crippen molar-refractivity contribution in [2.75, 3.05) is 0 Å². The lowest BCUT2D eigenvalue weighted by Crippen LogP contribution is -2.50. The zero-order valence-corrected chi connectivity index (χ0v) is 11.5. The number of hydrogen-bond donors (Lipinski definition) is 1. The number of carbonyl (C=O) groups is 1.